The zero-order chi connectivity index (χ0) is 12.3. The molecule has 92 valence electrons. The molecule has 1 aliphatic heterocycles. The number of carbonyl (C=O) groups is 1. The summed E-state index contributed by atoms with van der Waals surface area (Å²) >= 11 is 0. The third-order valence-electron chi connectivity index (χ3n) is 3.16. The van der Waals surface area contributed by atoms with Crippen LogP contribution in [0.4, 0.5) is 10.1 Å². The van der Waals surface area contributed by atoms with Gasteiger partial charge in [-0.15, -0.1) is 0 Å². The molecule has 1 heterocycles. The van der Waals surface area contributed by atoms with E-state index >= 15 is 0 Å². The highest BCUT2D eigenvalue weighted by molar-refractivity contribution is 5.95. The largest absolute Gasteiger partial charge is 0.325 e. The molecular weight excluding hydrogens is 219 g/mol. The summed E-state index contributed by atoms with van der Waals surface area (Å²) in [6.07, 6.45) is 2.18. The molecule has 4 heteroatoms. The minimum Gasteiger partial charge on any atom is -0.325 e. The minimum atomic E-state index is -0.299. The summed E-state index contributed by atoms with van der Waals surface area (Å²) in [5, 5.41) is 6.02. The number of hydrogen-bond donors (Lipinski definition) is 2. The number of hydrogen-bond acceptors (Lipinski definition) is 2. The molecule has 1 aromatic rings. The number of piperidine rings is 1. The van der Waals surface area contributed by atoms with Gasteiger partial charge in [0.2, 0.25) is 5.91 Å². The van der Waals surface area contributed by atoms with E-state index in [1.54, 1.807) is 12.1 Å². The van der Waals surface area contributed by atoms with Gasteiger partial charge < -0.3 is 10.6 Å². The summed E-state index contributed by atoms with van der Waals surface area (Å²) in [7, 11) is 0. The van der Waals surface area contributed by atoms with Crippen LogP contribution in [0.5, 0.6) is 0 Å². The van der Waals surface area contributed by atoms with Crippen LogP contribution < -0.4 is 10.6 Å². The van der Waals surface area contributed by atoms with E-state index in [-0.39, 0.29) is 17.8 Å². The van der Waals surface area contributed by atoms with E-state index < -0.39 is 0 Å². The van der Waals surface area contributed by atoms with Crippen LogP contribution in [-0.2, 0) is 4.79 Å². The first-order chi connectivity index (χ1) is 8.16. The van der Waals surface area contributed by atoms with Gasteiger partial charge in [0, 0.05) is 5.69 Å². The molecule has 0 spiro atoms. The van der Waals surface area contributed by atoms with Gasteiger partial charge in [0.05, 0.1) is 6.04 Å². The third-order valence-corrected chi connectivity index (χ3v) is 3.16. The van der Waals surface area contributed by atoms with Gasteiger partial charge in [0.25, 0.3) is 0 Å². The Morgan fingerprint density at radius 2 is 2.12 bits per heavy atom. The summed E-state index contributed by atoms with van der Waals surface area (Å²) in [6.45, 7) is 2.95. The second-order valence-corrected chi connectivity index (χ2v) is 4.55. The molecule has 1 aliphatic rings. The topological polar surface area (TPSA) is 41.1 Å². The third kappa shape index (κ3) is 3.03. The van der Waals surface area contributed by atoms with Crippen molar-refractivity contribution in [1.82, 2.24) is 5.32 Å². The maximum atomic E-state index is 12.7. The maximum absolute atomic E-state index is 12.7. The maximum Gasteiger partial charge on any atom is 0.241 e. The lowest BCUT2D eigenvalue weighted by atomic mass is 9.92. The summed E-state index contributed by atoms with van der Waals surface area (Å²) < 4.78 is 12.7. The second kappa shape index (κ2) is 5.27. The SMILES string of the molecule is CC1CCCNC1C(=O)Nc1ccc(F)cc1. The summed E-state index contributed by atoms with van der Waals surface area (Å²) in [6, 6.07) is 5.68. The standard InChI is InChI=1S/C13H17FN2O/c1-9-3-2-8-15-12(9)13(17)16-11-6-4-10(14)5-7-11/h4-7,9,12,15H,2-3,8H2,1H3,(H,16,17). The Bertz CT molecular complexity index is 391. The molecule has 3 nitrogen and oxygen atoms in total. The number of nitrogens with one attached hydrogen (secondary N) is 2. The Hall–Kier alpha value is -1.42. The average Bonchev–Trinajstić information content (AvgIpc) is 2.32. The Balaban J connectivity index is 1.98. The highest BCUT2D eigenvalue weighted by Crippen LogP contribution is 2.17. The van der Waals surface area contributed by atoms with Crippen LogP contribution in [0.25, 0.3) is 0 Å². The fourth-order valence-electron chi connectivity index (χ4n) is 2.15. The van der Waals surface area contributed by atoms with Crippen molar-refractivity contribution in [2.45, 2.75) is 25.8 Å². The fourth-order valence-corrected chi connectivity index (χ4v) is 2.15. The van der Waals surface area contributed by atoms with E-state index in [0.29, 0.717) is 11.6 Å². The Labute approximate surface area is 100 Å². The van der Waals surface area contributed by atoms with Gasteiger partial charge in [-0.05, 0) is 49.6 Å². The van der Waals surface area contributed by atoms with Crippen molar-refractivity contribution in [2.75, 3.05) is 11.9 Å². The van der Waals surface area contributed by atoms with Crippen molar-refractivity contribution in [3.05, 3.63) is 30.1 Å². The molecule has 2 rings (SSSR count). The van der Waals surface area contributed by atoms with Crippen LogP contribution in [0.3, 0.4) is 0 Å². The quantitative estimate of drug-likeness (QED) is 0.826. The first-order valence-electron chi connectivity index (χ1n) is 5.96. The fraction of sp³-hybridized carbons (Fsp3) is 0.462. The van der Waals surface area contributed by atoms with E-state index in [0.717, 1.165) is 19.4 Å². The Kier molecular flexibility index (Phi) is 3.74. The van der Waals surface area contributed by atoms with Crippen molar-refractivity contribution in [2.24, 2.45) is 5.92 Å². The van der Waals surface area contributed by atoms with Gasteiger partial charge in [-0.25, -0.2) is 4.39 Å². The van der Waals surface area contributed by atoms with E-state index in [2.05, 4.69) is 17.6 Å². The second-order valence-electron chi connectivity index (χ2n) is 4.55. The van der Waals surface area contributed by atoms with E-state index in [9.17, 15) is 9.18 Å². The first kappa shape index (κ1) is 12.0. The van der Waals surface area contributed by atoms with Crippen molar-refractivity contribution in [1.29, 1.82) is 0 Å². The van der Waals surface area contributed by atoms with E-state index in [4.69, 9.17) is 0 Å². The van der Waals surface area contributed by atoms with Gasteiger partial charge >= 0.3 is 0 Å². The average molecular weight is 236 g/mol. The normalized spacial score (nSPS) is 24.4. The number of benzene rings is 1. The van der Waals surface area contributed by atoms with Crippen molar-refractivity contribution >= 4 is 11.6 Å². The molecule has 0 radical (unpaired) electrons. The number of halogens is 1. The van der Waals surface area contributed by atoms with Crippen molar-refractivity contribution in [3.63, 3.8) is 0 Å². The number of anilines is 1. The van der Waals surface area contributed by atoms with Crippen molar-refractivity contribution < 1.29 is 9.18 Å². The molecule has 0 saturated carbocycles. The number of carbonyl (C=O) groups excluding carboxylic acids is 1. The molecule has 17 heavy (non-hydrogen) atoms. The van der Waals surface area contributed by atoms with E-state index in [1.807, 2.05) is 0 Å². The lowest BCUT2D eigenvalue weighted by molar-refractivity contribution is -0.119. The molecule has 0 aromatic heterocycles. The predicted molar refractivity (Wildman–Crippen MR) is 65.2 cm³/mol. The molecule has 2 atom stereocenters. The monoisotopic (exact) mass is 236 g/mol. The highest BCUT2D eigenvalue weighted by Gasteiger charge is 2.27. The lowest BCUT2D eigenvalue weighted by Gasteiger charge is -2.28. The minimum absolute atomic E-state index is 0.0381. The van der Waals surface area contributed by atoms with Crippen LogP contribution in [0.15, 0.2) is 24.3 Å². The zero-order valence-corrected chi connectivity index (χ0v) is 9.87. The van der Waals surface area contributed by atoms with Gasteiger partial charge in [0.15, 0.2) is 0 Å². The summed E-state index contributed by atoms with van der Waals surface area (Å²) in [5.41, 5.74) is 0.635. The number of rotatable bonds is 2. The lowest BCUT2D eigenvalue weighted by Crippen LogP contribution is -2.48. The van der Waals surface area contributed by atoms with Gasteiger partial charge in [-0.2, -0.15) is 0 Å². The molecule has 2 unspecified atom stereocenters. The molecular formula is C13H17FN2O. The highest BCUT2D eigenvalue weighted by atomic mass is 19.1. The smallest absolute Gasteiger partial charge is 0.241 e. The number of amides is 1. The van der Waals surface area contributed by atoms with Crippen LogP contribution in [0.1, 0.15) is 19.8 Å². The zero-order valence-electron chi connectivity index (χ0n) is 9.87. The van der Waals surface area contributed by atoms with Crippen LogP contribution >= 0.6 is 0 Å². The predicted octanol–water partition coefficient (Wildman–Crippen LogP) is 2.15. The Morgan fingerprint density at radius 1 is 1.41 bits per heavy atom. The van der Waals surface area contributed by atoms with Crippen LogP contribution in [0, 0.1) is 11.7 Å². The van der Waals surface area contributed by atoms with Crippen LogP contribution in [0.2, 0.25) is 0 Å². The Morgan fingerprint density at radius 3 is 2.76 bits per heavy atom. The molecule has 1 saturated heterocycles. The molecule has 1 amide bonds. The molecule has 1 fully saturated rings. The summed E-state index contributed by atoms with van der Waals surface area (Å²) in [4.78, 5) is 12.0. The molecule has 0 aliphatic carbocycles. The first-order valence-corrected chi connectivity index (χ1v) is 5.96. The van der Waals surface area contributed by atoms with Gasteiger partial charge in [0.1, 0.15) is 5.82 Å². The molecule has 1 aromatic carbocycles. The van der Waals surface area contributed by atoms with E-state index in [1.165, 1.54) is 12.1 Å². The van der Waals surface area contributed by atoms with Gasteiger partial charge in [-0.3, -0.25) is 4.79 Å². The van der Waals surface area contributed by atoms with Crippen LogP contribution in [-0.4, -0.2) is 18.5 Å². The van der Waals surface area contributed by atoms with Gasteiger partial charge in [-0.1, -0.05) is 6.92 Å². The molecule has 2 N–H and O–H groups in total. The summed E-state index contributed by atoms with van der Waals surface area (Å²) in [5.74, 6) is 0.000153. The van der Waals surface area contributed by atoms with Crippen molar-refractivity contribution in [3.8, 4) is 0 Å². The molecule has 0 bridgehead atoms.